The monoisotopic (exact) mass is 225 g/mol. The van der Waals surface area contributed by atoms with E-state index in [1.807, 2.05) is 31.2 Å². The molecule has 4 nitrogen and oxygen atoms in total. The van der Waals surface area contributed by atoms with Crippen LogP contribution < -0.4 is 5.56 Å². The number of aromatic amines is 1. The molecule has 1 aromatic carbocycles. The minimum absolute atomic E-state index is 0.103. The molecule has 0 amide bonds. The maximum atomic E-state index is 11.6. The molecule has 84 valence electrons. The van der Waals surface area contributed by atoms with Crippen molar-refractivity contribution in [3.05, 3.63) is 58.4 Å². The van der Waals surface area contributed by atoms with E-state index in [4.69, 9.17) is 0 Å². The van der Waals surface area contributed by atoms with E-state index in [2.05, 4.69) is 10.1 Å². The second kappa shape index (κ2) is 3.59. The van der Waals surface area contributed by atoms with Gasteiger partial charge in [0.05, 0.1) is 0 Å². The van der Waals surface area contributed by atoms with Crippen molar-refractivity contribution in [1.29, 1.82) is 0 Å². The fourth-order valence-corrected chi connectivity index (χ4v) is 1.85. The summed E-state index contributed by atoms with van der Waals surface area (Å²) >= 11 is 0. The number of fused-ring (bicyclic) bond motifs is 1. The van der Waals surface area contributed by atoms with Gasteiger partial charge in [-0.2, -0.15) is 4.52 Å². The molecule has 0 fully saturated rings. The molecule has 3 rings (SSSR count). The van der Waals surface area contributed by atoms with Crippen molar-refractivity contribution in [2.75, 3.05) is 0 Å². The van der Waals surface area contributed by atoms with Crippen molar-refractivity contribution in [3.63, 3.8) is 0 Å². The molecule has 0 aliphatic rings. The summed E-state index contributed by atoms with van der Waals surface area (Å²) < 4.78 is 1.44. The molecular weight excluding hydrogens is 214 g/mol. The van der Waals surface area contributed by atoms with Gasteiger partial charge in [-0.25, -0.2) is 4.98 Å². The van der Waals surface area contributed by atoms with Crippen molar-refractivity contribution < 1.29 is 0 Å². The van der Waals surface area contributed by atoms with Gasteiger partial charge in [-0.3, -0.25) is 9.89 Å². The van der Waals surface area contributed by atoms with Crippen LogP contribution in [0.1, 0.15) is 5.56 Å². The predicted octanol–water partition coefficient (Wildman–Crippen LogP) is 2.00. The quantitative estimate of drug-likeness (QED) is 0.688. The number of aryl methyl sites for hydroxylation is 1. The standard InChI is InChI=1S/C13H11N3O/c1-9-4-2-5-10(8-9)13-14-11-6-3-7-12(17)16(11)15-13/h2-8H,1H3,(H,14,15). The molecular formula is C13H11N3O. The van der Waals surface area contributed by atoms with E-state index in [1.54, 1.807) is 12.1 Å². The Balaban J connectivity index is 2.25. The van der Waals surface area contributed by atoms with E-state index in [1.165, 1.54) is 10.6 Å². The van der Waals surface area contributed by atoms with E-state index < -0.39 is 0 Å². The first kappa shape index (κ1) is 9.84. The third kappa shape index (κ3) is 1.63. The zero-order valence-corrected chi connectivity index (χ0v) is 9.34. The molecule has 0 atom stereocenters. The molecule has 3 aromatic rings. The van der Waals surface area contributed by atoms with Gasteiger partial charge >= 0.3 is 0 Å². The molecule has 0 aliphatic heterocycles. The molecule has 0 bridgehead atoms. The summed E-state index contributed by atoms with van der Waals surface area (Å²) in [5.41, 5.74) is 2.67. The number of benzene rings is 1. The van der Waals surface area contributed by atoms with Crippen LogP contribution in [0, 0.1) is 6.92 Å². The lowest BCUT2D eigenvalue weighted by Gasteiger charge is -1.96. The van der Waals surface area contributed by atoms with Crippen molar-refractivity contribution in [1.82, 2.24) is 14.6 Å². The first-order chi connectivity index (χ1) is 8.24. The molecule has 0 radical (unpaired) electrons. The van der Waals surface area contributed by atoms with E-state index >= 15 is 0 Å². The van der Waals surface area contributed by atoms with E-state index in [0.717, 1.165) is 11.1 Å². The Kier molecular flexibility index (Phi) is 2.08. The Labute approximate surface area is 97.5 Å². The molecule has 2 aromatic heterocycles. The highest BCUT2D eigenvalue weighted by Gasteiger charge is 2.05. The van der Waals surface area contributed by atoms with Crippen LogP contribution >= 0.6 is 0 Å². The molecule has 0 saturated heterocycles. The second-order valence-electron chi connectivity index (χ2n) is 4.00. The molecule has 1 N–H and O–H groups in total. The number of H-pyrrole nitrogens is 1. The van der Waals surface area contributed by atoms with E-state index in [9.17, 15) is 4.79 Å². The molecule has 17 heavy (non-hydrogen) atoms. The number of aromatic nitrogens is 3. The Bertz CT molecular complexity index is 740. The highest BCUT2D eigenvalue weighted by atomic mass is 16.1. The Morgan fingerprint density at radius 1 is 1.18 bits per heavy atom. The number of hydrogen-bond acceptors (Lipinski definition) is 2. The third-order valence-electron chi connectivity index (χ3n) is 2.67. The van der Waals surface area contributed by atoms with Gasteiger partial charge < -0.3 is 0 Å². The van der Waals surface area contributed by atoms with Gasteiger partial charge in [0.15, 0.2) is 11.5 Å². The number of nitrogens with zero attached hydrogens (tertiary/aromatic N) is 2. The summed E-state index contributed by atoms with van der Waals surface area (Å²) in [5.74, 6) is 0.706. The Morgan fingerprint density at radius 2 is 2.00 bits per heavy atom. The second-order valence-corrected chi connectivity index (χ2v) is 4.00. The summed E-state index contributed by atoms with van der Waals surface area (Å²) in [4.78, 5) is 16.0. The Hall–Kier alpha value is -2.36. The summed E-state index contributed by atoms with van der Waals surface area (Å²) in [6.45, 7) is 2.03. The van der Waals surface area contributed by atoms with Crippen LogP contribution in [0.2, 0.25) is 0 Å². The zero-order chi connectivity index (χ0) is 11.8. The summed E-state index contributed by atoms with van der Waals surface area (Å²) in [5, 5.41) is 3.00. The fourth-order valence-electron chi connectivity index (χ4n) is 1.85. The lowest BCUT2D eigenvalue weighted by molar-refractivity contribution is 0.924. The van der Waals surface area contributed by atoms with Crippen molar-refractivity contribution >= 4 is 5.65 Å². The van der Waals surface area contributed by atoms with Crippen LogP contribution in [-0.4, -0.2) is 14.6 Å². The van der Waals surface area contributed by atoms with Gasteiger partial charge in [-0.15, -0.1) is 0 Å². The largest absolute Gasteiger partial charge is 0.272 e. The summed E-state index contributed by atoms with van der Waals surface area (Å²) in [6, 6.07) is 13.0. The maximum Gasteiger partial charge on any atom is 0.271 e. The van der Waals surface area contributed by atoms with Crippen LogP contribution in [0.25, 0.3) is 17.0 Å². The van der Waals surface area contributed by atoms with Crippen molar-refractivity contribution in [2.24, 2.45) is 0 Å². The van der Waals surface area contributed by atoms with Gasteiger partial charge in [0, 0.05) is 11.6 Å². The van der Waals surface area contributed by atoms with Gasteiger partial charge in [0.25, 0.3) is 5.56 Å². The van der Waals surface area contributed by atoms with Crippen LogP contribution in [0.5, 0.6) is 0 Å². The lowest BCUT2D eigenvalue weighted by atomic mass is 10.1. The van der Waals surface area contributed by atoms with Crippen LogP contribution in [0.4, 0.5) is 0 Å². The van der Waals surface area contributed by atoms with Crippen LogP contribution in [0.15, 0.2) is 47.3 Å². The van der Waals surface area contributed by atoms with Gasteiger partial charge in [-0.1, -0.05) is 29.8 Å². The van der Waals surface area contributed by atoms with Crippen LogP contribution in [-0.2, 0) is 0 Å². The van der Waals surface area contributed by atoms with Gasteiger partial charge in [0.2, 0.25) is 0 Å². The lowest BCUT2D eigenvalue weighted by Crippen LogP contribution is -2.11. The van der Waals surface area contributed by atoms with Gasteiger partial charge in [-0.05, 0) is 19.1 Å². The highest BCUT2D eigenvalue weighted by molar-refractivity contribution is 5.58. The SMILES string of the molecule is Cc1cccc(-c2nc3cccc(=O)n3[nH]2)c1. The average molecular weight is 225 g/mol. The fraction of sp³-hybridized carbons (Fsp3) is 0.0769. The third-order valence-corrected chi connectivity index (χ3v) is 2.67. The minimum Gasteiger partial charge on any atom is -0.272 e. The van der Waals surface area contributed by atoms with Crippen LogP contribution in [0.3, 0.4) is 0 Å². The Morgan fingerprint density at radius 3 is 2.76 bits per heavy atom. The minimum atomic E-state index is -0.103. The molecule has 0 saturated carbocycles. The smallest absolute Gasteiger partial charge is 0.271 e. The summed E-state index contributed by atoms with van der Waals surface area (Å²) in [6.07, 6.45) is 0. The average Bonchev–Trinajstić information content (AvgIpc) is 2.74. The molecule has 2 heterocycles. The number of pyridine rings is 1. The number of nitrogens with one attached hydrogen (secondary N) is 1. The summed E-state index contributed by atoms with van der Waals surface area (Å²) in [7, 11) is 0. The van der Waals surface area contributed by atoms with E-state index in [-0.39, 0.29) is 5.56 Å². The molecule has 4 heteroatoms. The number of rotatable bonds is 1. The number of hydrogen-bond donors (Lipinski definition) is 1. The maximum absolute atomic E-state index is 11.6. The molecule has 0 unspecified atom stereocenters. The highest BCUT2D eigenvalue weighted by Crippen LogP contribution is 2.16. The predicted molar refractivity (Wildman–Crippen MR) is 66.0 cm³/mol. The molecule has 0 spiro atoms. The van der Waals surface area contributed by atoms with Gasteiger partial charge in [0.1, 0.15) is 0 Å². The van der Waals surface area contributed by atoms with E-state index in [0.29, 0.717) is 11.5 Å². The zero-order valence-electron chi connectivity index (χ0n) is 9.34. The van der Waals surface area contributed by atoms with Crippen molar-refractivity contribution in [3.8, 4) is 11.4 Å². The normalized spacial score (nSPS) is 10.9. The topological polar surface area (TPSA) is 50.2 Å². The first-order valence-corrected chi connectivity index (χ1v) is 5.39. The first-order valence-electron chi connectivity index (χ1n) is 5.39. The van der Waals surface area contributed by atoms with Crippen molar-refractivity contribution in [2.45, 2.75) is 6.92 Å². The molecule has 0 aliphatic carbocycles.